The summed E-state index contributed by atoms with van der Waals surface area (Å²) in [6.45, 7) is 1.54. The van der Waals surface area contributed by atoms with Crippen LogP contribution < -0.4 is 0 Å². The van der Waals surface area contributed by atoms with Crippen molar-refractivity contribution in [3.8, 4) is 0 Å². The molecule has 1 saturated heterocycles. The number of aliphatic hydroxyl groups is 1. The van der Waals surface area contributed by atoms with E-state index in [4.69, 9.17) is 4.74 Å². The highest BCUT2D eigenvalue weighted by Gasteiger charge is 2.26. The molecule has 0 spiro atoms. The van der Waals surface area contributed by atoms with E-state index in [1.165, 1.54) is 5.56 Å². The fourth-order valence-electron chi connectivity index (χ4n) is 2.05. The van der Waals surface area contributed by atoms with Gasteiger partial charge in [-0.2, -0.15) is 0 Å². The third-order valence-corrected chi connectivity index (χ3v) is 4.08. The average molecular weight is 281 g/mol. The molecule has 0 radical (unpaired) electrons. The van der Waals surface area contributed by atoms with E-state index < -0.39 is 0 Å². The monoisotopic (exact) mass is 281 g/mol. The van der Waals surface area contributed by atoms with Crippen LogP contribution in [0.4, 0.5) is 0 Å². The Kier molecular flexibility index (Phi) is 5.69. The Morgan fingerprint density at radius 3 is 2.95 bits per heavy atom. The van der Waals surface area contributed by atoms with E-state index in [1.54, 1.807) is 16.7 Å². The predicted molar refractivity (Wildman–Crippen MR) is 76.0 cm³/mol. The lowest BCUT2D eigenvalue weighted by atomic mass is 10.2. The Morgan fingerprint density at radius 2 is 2.21 bits per heavy atom. The number of hydrogen-bond acceptors (Lipinski definition) is 4. The third-order valence-electron chi connectivity index (χ3n) is 3.10. The molecule has 4 nitrogen and oxygen atoms in total. The molecule has 1 fully saturated rings. The molecular weight excluding hydrogens is 262 g/mol. The second-order valence-corrected chi connectivity index (χ2v) is 5.46. The zero-order valence-corrected chi connectivity index (χ0v) is 11.6. The number of thioether (sulfide) groups is 1. The van der Waals surface area contributed by atoms with Crippen molar-refractivity contribution < 1.29 is 14.6 Å². The van der Waals surface area contributed by atoms with Crippen LogP contribution in [0.5, 0.6) is 0 Å². The predicted octanol–water partition coefficient (Wildman–Crippen LogP) is 1.14. The third kappa shape index (κ3) is 4.23. The van der Waals surface area contributed by atoms with Gasteiger partial charge in [0.1, 0.15) is 0 Å². The van der Waals surface area contributed by atoms with Crippen molar-refractivity contribution >= 4 is 17.7 Å². The fraction of sp³-hybridized carbons (Fsp3) is 0.500. The lowest BCUT2D eigenvalue weighted by Crippen LogP contribution is -2.51. The van der Waals surface area contributed by atoms with Crippen LogP contribution in [0.1, 0.15) is 5.56 Å². The summed E-state index contributed by atoms with van der Waals surface area (Å²) in [6.07, 6.45) is 0. The normalized spacial score (nSPS) is 19.4. The molecule has 2 rings (SSSR count). The largest absolute Gasteiger partial charge is 0.394 e. The van der Waals surface area contributed by atoms with Crippen molar-refractivity contribution in [2.45, 2.75) is 11.8 Å². The molecule has 1 aliphatic rings. The molecule has 104 valence electrons. The number of carbonyl (C=O) groups excluding carboxylic acids is 1. The Hall–Kier alpha value is -1.04. The lowest BCUT2D eigenvalue weighted by Gasteiger charge is -2.34. The zero-order valence-electron chi connectivity index (χ0n) is 10.8. The molecule has 1 atom stereocenters. The van der Waals surface area contributed by atoms with Gasteiger partial charge >= 0.3 is 0 Å². The van der Waals surface area contributed by atoms with Crippen LogP contribution in [0, 0.1) is 0 Å². The molecule has 1 heterocycles. The van der Waals surface area contributed by atoms with Gasteiger partial charge in [-0.1, -0.05) is 30.3 Å². The molecule has 1 aliphatic heterocycles. The summed E-state index contributed by atoms with van der Waals surface area (Å²) in [5.41, 5.74) is 1.22. The minimum absolute atomic E-state index is 0.0326. The molecule has 1 N–H and O–H groups in total. The van der Waals surface area contributed by atoms with E-state index in [0.717, 1.165) is 5.75 Å². The number of morpholine rings is 1. The summed E-state index contributed by atoms with van der Waals surface area (Å²) in [5, 5.41) is 9.23. The number of benzene rings is 1. The lowest BCUT2D eigenvalue weighted by molar-refractivity contribution is -0.138. The number of rotatable bonds is 5. The van der Waals surface area contributed by atoms with Crippen LogP contribution in [0.3, 0.4) is 0 Å². The van der Waals surface area contributed by atoms with Gasteiger partial charge in [0.15, 0.2) is 0 Å². The van der Waals surface area contributed by atoms with Crippen molar-refractivity contribution in [2.24, 2.45) is 0 Å². The molecule has 0 aromatic heterocycles. The first-order chi connectivity index (χ1) is 9.31. The maximum atomic E-state index is 12.1. The fourth-order valence-corrected chi connectivity index (χ4v) is 2.92. The SMILES string of the molecule is O=C(CSCc1ccccc1)N1CCOCC1CO. The summed E-state index contributed by atoms with van der Waals surface area (Å²) < 4.78 is 5.27. The van der Waals surface area contributed by atoms with Crippen molar-refractivity contribution in [2.75, 3.05) is 32.1 Å². The number of nitrogens with zero attached hydrogens (tertiary/aromatic N) is 1. The van der Waals surface area contributed by atoms with E-state index >= 15 is 0 Å². The number of ether oxygens (including phenoxy) is 1. The van der Waals surface area contributed by atoms with Gasteiger partial charge in [-0.25, -0.2) is 0 Å². The smallest absolute Gasteiger partial charge is 0.233 e. The van der Waals surface area contributed by atoms with E-state index in [1.807, 2.05) is 18.2 Å². The zero-order chi connectivity index (χ0) is 13.5. The molecule has 1 aromatic carbocycles. The van der Waals surface area contributed by atoms with Gasteiger partial charge < -0.3 is 14.7 Å². The quantitative estimate of drug-likeness (QED) is 0.879. The number of aliphatic hydroxyl groups excluding tert-OH is 1. The van der Waals surface area contributed by atoms with Gasteiger partial charge in [-0.15, -0.1) is 11.8 Å². The molecule has 1 unspecified atom stereocenters. The Morgan fingerprint density at radius 1 is 1.42 bits per heavy atom. The van der Waals surface area contributed by atoms with Crippen LogP contribution >= 0.6 is 11.8 Å². The molecule has 19 heavy (non-hydrogen) atoms. The maximum Gasteiger partial charge on any atom is 0.233 e. The summed E-state index contributed by atoms with van der Waals surface area (Å²) in [7, 11) is 0. The molecule has 1 amide bonds. The Labute approximate surface area is 117 Å². The highest BCUT2D eigenvalue weighted by atomic mass is 32.2. The second-order valence-electron chi connectivity index (χ2n) is 4.48. The Bertz CT molecular complexity index is 399. The maximum absolute atomic E-state index is 12.1. The van der Waals surface area contributed by atoms with Gasteiger partial charge in [-0.05, 0) is 5.56 Å². The van der Waals surface area contributed by atoms with E-state index in [-0.39, 0.29) is 18.6 Å². The van der Waals surface area contributed by atoms with Crippen molar-refractivity contribution in [1.82, 2.24) is 4.90 Å². The molecular formula is C14H19NO3S. The van der Waals surface area contributed by atoms with Gasteiger partial charge in [-0.3, -0.25) is 4.79 Å². The van der Waals surface area contributed by atoms with Gasteiger partial charge in [0.05, 0.1) is 31.6 Å². The van der Waals surface area contributed by atoms with Crippen LogP contribution in [0.2, 0.25) is 0 Å². The summed E-state index contributed by atoms with van der Waals surface area (Å²) in [4.78, 5) is 13.8. The first-order valence-electron chi connectivity index (χ1n) is 6.41. The highest BCUT2D eigenvalue weighted by Crippen LogP contribution is 2.14. The van der Waals surface area contributed by atoms with Crippen molar-refractivity contribution in [3.63, 3.8) is 0 Å². The molecule has 0 saturated carbocycles. The van der Waals surface area contributed by atoms with Gasteiger partial charge in [0.25, 0.3) is 0 Å². The average Bonchev–Trinajstić information content (AvgIpc) is 2.48. The van der Waals surface area contributed by atoms with Crippen LogP contribution in [-0.2, 0) is 15.3 Å². The van der Waals surface area contributed by atoms with Gasteiger partial charge in [0.2, 0.25) is 5.91 Å². The van der Waals surface area contributed by atoms with E-state index in [0.29, 0.717) is 25.5 Å². The van der Waals surface area contributed by atoms with Crippen LogP contribution in [0.25, 0.3) is 0 Å². The first-order valence-corrected chi connectivity index (χ1v) is 7.56. The summed E-state index contributed by atoms with van der Waals surface area (Å²) >= 11 is 1.61. The minimum atomic E-state index is -0.182. The molecule has 0 bridgehead atoms. The van der Waals surface area contributed by atoms with E-state index in [9.17, 15) is 9.90 Å². The van der Waals surface area contributed by atoms with Crippen LogP contribution in [-0.4, -0.2) is 54.1 Å². The minimum Gasteiger partial charge on any atom is -0.394 e. The first kappa shape index (κ1) is 14.4. The number of amides is 1. The summed E-state index contributed by atoms with van der Waals surface area (Å²) in [5.74, 6) is 1.37. The number of carbonyl (C=O) groups is 1. The summed E-state index contributed by atoms with van der Waals surface area (Å²) in [6, 6.07) is 9.92. The molecule has 0 aliphatic carbocycles. The number of hydrogen-bond donors (Lipinski definition) is 1. The van der Waals surface area contributed by atoms with Crippen LogP contribution in [0.15, 0.2) is 30.3 Å². The molecule has 1 aromatic rings. The molecule has 5 heteroatoms. The second kappa shape index (κ2) is 7.53. The van der Waals surface area contributed by atoms with Gasteiger partial charge in [0, 0.05) is 12.3 Å². The van der Waals surface area contributed by atoms with Crippen molar-refractivity contribution in [3.05, 3.63) is 35.9 Å². The topological polar surface area (TPSA) is 49.8 Å². The Balaban J connectivity index is 1.77. The van der Waals surface area contributed by atoms with E-state index in [2.05, 4.69) is 12.1 Å². The van der Waals surface area contributed by atoms with Crippen molar-refractivity contribution in [1.29, 1.82) is 0 Å². The highest BCUT2D eigenvalue weighted by molar-refractivity contribution is 7.99. The standard InChI is InChI=1S/C14H19NO3S/c16-8-13-9-18-7-6-15(13)14(17)11-19-10-12-4-2-1-3-5-12/h1-5,13,16H,6-11H2.